The molecule has 0 aliphatic rings. The second-order valence-electron chi connectivity index (χ2n) is 6.09. The van der Waals surface area contributed by atoms with E-state index in [2.05, 4.69) is 25.3 Å². The highest BCUT2D eigenvalue weighted by molar-refractivity contribution is 5.89. The minimum Gasteiger partial charge on any atom is -0.387 e. The molecule has 136 valence electrons. The summed E-state index contributed by atoms with van der Waals surface area (Å²) in [7, 11) is 0. The van der Waals surface area contributed by atoms with Crippen molar-refractivity contribution in [3.63, 3.8) is 0 Å². The lowest BCUT2D eigenvalue weighted by Crippen LogP contribution is -1.98. The van der Waals surface area contributed by atoms with Gasteiger partial charge in [-0.2, -0.15) is 5.10 Å². The maximum atomic E-state index is 5.33. The molecule has 0 radical (unpaired) electrons. The lowest BCUT2D eigenvalue weighted by Gasteiger charge is -2.01. The number of para-hydroxylation sites is 1. The van der Waals surface area contributed by atoms with Crippen LogP contribution < -0.4 is 0 Å². The molecule has 0 fully saturated rings. The molecular weight excluding hydrogens is 354 g/mol. The van der Waals surface area contributed by atoms with Gasteiger partial charge in [-0.3, -0.25) is 0 Å². The summed E-state index contributed by atoms with van der Waals surface area (Å²) in [6.07, 6.45) is 5.03. The van der Waals surface area contributed by atoms with Gasteiger partial charge in [0.2, 0.25) is 0 Å². The first kappa shape index (κ1) is 16.1. The zero-order valence-corrected chi connectivity index (χ0v) is 14.8. The van der Waals surface area contributed by atoms with Crippen molar-refractivity contribution < 1.29 is 4.84 Å². The fraction of sp³-hybridized carbons (Fsp3) is 0.0500. The number of oxime groups is 1. The van der Waals surface area contributed by atoms with Crippen molar-refractivity contribution in [3.05, 3.63) is 84.6 Å². The van der Waals surface area contributed by atoms with Crippen molar-refractivity contribution in [2.24, 2.45) is 5.16 Å². The van der Waals surface area contributed by atoms with Crippen LogP contribution in [0.3, 0.4) is 0 Å². The summed E-state index contributed by atoms with van der Waals surface area (Å²) >= 11 is 0. The Balaban J connectivity index is 1.41. The van der Waals surface area contributed by atoms with Gasteiger partial charge in [0.05, 0.1) is 23.5 Å². The molecule has 0 aliphatic heterocycles. The Labute approximate surface area is 159 Å². The molecule has 0 N–H and O–H groups in total. The maximum absolute atomic E-state index is 5.33. The number of fused-ring (bicyclic) bond motifs is 3. The zero-order chi connectivity index (χ0) is 18.8. The molecule has 2 aromatic carbocycles. The lowest BCUT2D eigenvalue weighted by molar-refractivity contribution is 0.126. The molecule has 3 heterocycles. The summed E-state index contributed by atoms with van der Waals surface area (Å²) < 4.78 is 3.41. The molecule has 0 bridgehead atoms. The summed E-state index contributed by atoms with van der Waals surface area (Å²) in [5, 5.41) is 13.6. The number of hydrogen-bond acceptors (Lipinski definition) is 6. The third kappa shape index (κ3) is 2.96. The topological polar surface area (TPSA) is 82.5 Å². The van der Waals surface area contributed by atoms with E-state index in [-0.39, 0.29) is 6.61 Å². The van der Waals surface area contributed by atoms with Crippen LogP contribution in [-0.4, -0.2) is 35.6 Å². The third-order valence-electron chi connectivity index (χ3n) is 4.22. The van der Waals surface area contributed by atoms with Gasteiger partial charge >= 0.3 is 0 Å². The van der Waals surface area contributed by atoms with E-state index in [1.807, 2.05) is 60.7 Å². The average Bonchev–Trinajstić information content (AvgIpc) is 3.36. The summed E-state index contributed by atoms with van der Waals surface area (Å²) in [4.78, 5) is 14.4. The molecule has 0 unspecified atom stereocenters. The molecule has 0 saturated heterocycles. The van der Waals surface area contributed by atoms with Crippen molar-refractivity contribution >= 4 is 22.9 Å². The second-order valence-corrected chi connectivity index (χ2v) is 6.09. The van der Waals surface area contributed by atoms with Crippen LogP contribution >= 0.6 is 0 Å². The highest BCUT2D eigenvalue weighted by atomic mass is 16.6. The van der Waals surface area contributed by atoms with Crippen molar-refractivity contribution in [1.82, 2.24) is 29.4 Å². The SMILES string of the molecule is C(=N/OCc1nc2c3cnn(-c4ccccc4)c3ncn2n1)/c1ccccc1. The molecule has 0 atom stereocenters. The van der Waals surface area contributed by atoms with Crippen LogP contribution in [0.25, 0.3) is 22.4 Å². The third-order valence-corrected chi connectivity index (χ3v) is 4.22. The van der Waals surface area contributed by atoms with Crippen LogP contribution in [0.1, 0.15) is 11.4 Å². The Morgan fingerprint density at radius 3 is 2.57 bits per heavy atom. The van der Waals surface area contributed by atoms with Crippen LogP contribution in [0.15, 0.2) is 78.3 Å². The Kier molecular flexibility index (Phi) is 3.98. The van der Waals surface area contributed by atoms with Gasteiger partial charge in [-0.25, -0.2) is 19.2 Å². The van der Waals surface area contributed by atoms with Gasteiger partial charge in [0, 0.05) is 0 Å². The molecule has 0 aliphatic carbocycles. The summed E-state index contributed by atoms with van der Waals surface area (Å²) in [5.41, 5.74) is 3.30. The molecule has 0 spiro atoms. The molecule has 0 saturated carbocycles. The van der Waals surface area contributed by atoms with Crippen molar-refractivity contribution in [3.8, 4) is 5.69 Å². The Morgan fingerprint density at radius 1 is 0.964 bits per heavy atom. The lowest BCUT2D eigenvalue weighted by atomic mass is 10.2. The van der Waals surface area contributed by atoms with Gasteiger partial charge in [0.1, 0.15) is 6.33 Å². The first-order valence-electron chi connectivity index (χ1n) is 8.72. The van der Waals surface area contributed by atoms with E-state index in [0.717, 1.165) is 22.3 Å². The fourth-order valence-corrected chi connectivity index (χ4v) is 2.92. The van der Waals surface area contributed by atoms with Crippen molar-refractivity contribution in [2.45, 2.75) is 6.61 Å². The number of benzene rings is 2. The molecule has 0 amide bonds. The van der Waals surface area contributed by atoms with Gasteiger partial charge in [-0.1, -0.05) is 53.7 Å². The van der Waals surface area contributed by atoms with E-state index in [0.29, 0.717) is 11.5 Å². The number of nitrogens with zero attached hydrogens (tertiary/aromatic N) is 7. The molecule has 5 rings (SSSR count). The molecule has 8 nitrogen and oxygen atoms in total. The highest BCUT2D eigenvalue weighted by Crippen LogP contribution is 2.19. The summed E-state index contributed by atoms with van der Waals surface area (Å²) in [6, 6.07) is 19.6. The van der Waals surface area contributed by atoms with E-state index in [1.165, 1.54) is 0 Å². The van der Waals surface area contributed by atoms with Gasteiger partial charge in [0.25, 0.3) is 0 Å². The van der Waals surface area contributed by atoms with E-state index in [4.69, 9.17) is 4.84 Å². The van der Waals surface area contributed by atoms with E-state index in [9.17, 15) is 0 Å². The van der Waals surface area contributed by atoms with Crippen LogP contribution in [-0.2, 0) is 11.4 Å². The van der Waals surface area contributed by atoms with Crippen LogP contribution in [0.2, 0.25) is 0 Å². The number of hydrogen-bond donors (Lipinski definition) is 0. The van der Waals surface area contributed by atoms with Gasteiger partial charge in [-0.15, -0.1) is 5.10 Å². The quantitative estimate of drug-likeness (QED) is 0.351. The van der Waals surface area contributed by atoms with Crippen molar-refractivity contribution in [2.75, 3.05) is 0 Å². The number of rotatable bonds is 5. The first-order valence-corrected chi connectivity index (χ1v) is 8.72. The minimum absolute atomic E-state index is 0.166. The van der Waals surface area contributed by atoms with Crippen LogP contribution in [0.4, 0.5) is 0 Å². The van der Waals surface area contributed by atoms with Gasteiger partial charge in [-0.05, 0) is 17.7 Å². The average molecular weight is 369 g/mol. The maximum Gasteiger partial charge on any atom is 0.192 e. The van der Waals surface area contributed by atoms with E-state index >= 15 is 0 Å². The Morgan fingerprint density at radius 2 is 1.75 bits per heavy atom. The van der Waals surface area contributed by atoms with Gasteiger partial charge in [0.15, 0.2) is 23.7 Å². The normalized spacial score (nSPS) is 11.6. The smallest absolute Gasteiger partial charge is 0.192 e. The highest BCUT2D eigenvalue weighted by Gasteiger charge is 2.13. The standard InChI is InChI=1S/C20H15N7O/c1-3-7-15(8-4-1)11-23-28-13-18-24-20-17-12-22-27(16-9-5-2-6-10-16)19(17)21-14-26(20)25-18/h1-12,14H,13H2/b23-11-. The van der Waals surface area contributed by atoms with E-state index in [1.54, 1.807) is 27.9 Å². The molecule has 3 aromatic heterocycles. The first-order chi connectivity index (χ1) is 13.9. The van der Waals surface area contributed by atoms with Crippen molar-refractivity contribution in [1.29, 1.82) is 0 Å². The number of aromatic nitrogens is 6. The van der Waals surface area contributed by atoms with Crippen LogP contribution in [0, 0.1) is 0 Å². The minimum atomic E-state index is 0.166. The van der Waals surface area contributed by atoms with Gasteiger partial charge < -0.3 is 4.84 Å². The zero-order valence-electron chi connectivity index (χ0n) is 14.8. The van der Waals surface area contributed by atoms with Crippen LogP contribution in [0.5, 0.6) is 0 Å². The fourth-order valence-electron chi connectivity index (χ4n) is 2.92. The summed E-state index contributed by atoms with van der Waals surface area (Å²) in [5.74, 6) is 0.520. The molecular formula is C20H15N7O. The predicted octanol–water partition coefficient (Wildman–Crippen LogP) is 3.01. The monoisotopic (exact) mass is 369 g/mol. The predicted molar refractivity (Wildman–Crippen MR) is 104 cm³/mol. The largest absolute Gasteiger partial charge is 0.387 e. The molecule has 28 heavy (non-hydrogen) atoms. The Bertz CT molecular complexity index is 1260. The van der Waals surface area contributed by atoms with E-state index < -0.39 is 0 Å². The molecule has 5 aromatic rings. The summed E-state index contributed by atoms with van der Waals surface area (Å²) in [6.45, 7) is 0.166. The molecule has 8 heteroatoms. The second kappa shape index (κ2) is 6.92. The Hall–Kier alpha value is -4.07.